The molecule has 1 saturated heterocycles. The van der Waals surface area contributed by atoms with Gasteiger partial charge in [0.2, 0.25) is 10.0 Å². The van der Waals surface area contributed by atoms with Crippen molar-refractivity contribution >= 4 is 21.8 Å². The van der Waals surface area contributed by atoms with Gasteiger partial charge in [-0.25, -0.2) is 17.2 Å². The third kappa shape index (κ3) is 4.86. The zero-order valence-electron chi connectivity index (χ0n) is 15.4. The Morgan fingerprint density at radius 2 is 1.66 bits per heavy atom. The molecule has 6 nitrogen and oxygen atoms in total. The van der Waals surface area contributed by atoms with Crippen molar-refractivity contribution in [3.05, 3.63) is 65.7 Å². The van der Waals surface area contributed by atoms with Crippen LogP contribution < -0.4 is 0 Å². The van der Waals surface area contributed by atoms with Gasteiger partial charge >= 0.3 is 5.97 Å². The number of piperidine rings is 1. The number of hydrogen-bond donors (Lipinski definition) is 0. The fourth-order valence-corrected chi connectivity index (χ4v) is 4.57. The summed E-state index contributed by atoms with van der Waals surface area (Å²) in [5.41, 5.74) is -0.0968. The standard InChI is InChI=1S/C20H19F2NO5S/c21-17-7-6-15(12-18(17)22)19(24)13-28-20(25)14-8-10-23(11-9-14)29(26,27)16-4-2-1-3-5-16/h1-7,12,14H,8-11,13H2. The Morgan fingerprint density at radius 1 is 1.00 bits per heavy atom. The smallest absolute Gasteiger partial charge is 0.309 e. The maximum Gasteiger partial charge on any atom is 0.309 e. The van der Waals surface area contributed by atoms with Gasteiger partial charge in [0, 0.05) is 18.7 Å². The number of sulfonamides is 1. The van der Waals surface area contributed by atoms with Gasteiger partial charge < -0.3 is 4.74 Å². The summed E-state index contributed by atoms with van der Waals surface area (Å²) in [6.07, 6.45) is 0.536. The number of nitrogens with zero attached hydrogens (tertiary/aromatic N) is 1. The minimum absolute atomic E-state index is 0.0968. The highest BCUT2D eigenvalue weighted by atomic mass is 32.2. The van der Waals surface area contributed by atoms with Crippen LogP contribution in [0.25, 0.3) is 0 Å². The summed E-state index contributed by atoms with van der Waals surface area (Å²) in [5, 5.41) is 0. The average molecular weight is 423 g/mol. The third-order valence-corrected chi connectivity index (χ3v) is 6.67. The Balaban J connectivity index is 1.52. The van der Waals surface area contributed by atoms with Crippen molar-refractivity contribution < 1.29 is 31.5 Å². The van der Waals surface area contributed by atoms with Gasteiger partial charge in [0.15, 0.2) is 24.0 Å². The quantitative estimate of drug-likeness (QED) is 0.527. The van der Waals surface area contributed by atoms with Crippen molar-refractivity contribution in [3.63, 3.8) is 0 Å². The molecule has 1 aliphatic heterocycles. The van der Waals surface area contributed by atoms with E-state index in [-0.39, 0.29) is 36.4 Å². The monoisotopic (exact) mass is 423 g/mol. The van der Waals surface area contributed by atoms with Crippen LogP contribution in [-0.4, -0.2) is 44.2 Å². The van der Waals surface area contributed by atoms with Crippen LogP contribution >= 0.6 is 0 Å². The number of hydrogen-bond acceptors (Lipinski definition) is 5. The van der Waals surface area contributed by atoms with Crippen LogP contribution in [0.1, 0.15) is 23.2 Å². The van der Waals surface area contributed by atoms with E-state index in [4.69, 9.17) is 4.74 Å². The maximum absolute atomic E-state index is 13.2. The van der Waals surface area contributed by atoms with Crippen molar-refractivity contribution in [2.24, 2.45) is 5.92 Å². The number of benzene rings is 2. The van der Waals surface area contributed by atoms with Crippen LogP contribution in [0.15, 0.2) is 53.4 Å². The predicted molar refractivity (Wildman–Crippen MR) is 99.6 cm³/mol. The Hall–Kier alpha value is -2.65. The number of ketones is 1. The number of esters is 1. The largest absolute Gasteiger partial charge is 0.457 e. The first-order chi connectivity index (χ1) is 13.8. The van der Waals surface area contributed by atoms with E-state index in [1.165, 1.54) is 16.4 Å². The summed E-state index contributed by atoms with van der Waals surface area (Å²) in [6.45, 7) is -0.269. The molecule has 1 aliphatic rings. The normalized spacial score (nSPS) is 15.8. The number of rotatable bonds is 6. The second-order valence-electron chi connectivity index (χ2n) is 6.65. The molecule has 154 valence electrons. The SMILES string of the molecule is O=C(COC(=O)C1CCN(S(=O)(=O)c2ccccc2)CC1)c1ccc(F)c(F)c1. The van der Waals surface area contributed by atoms with E-state index in [1.54, 1.807) is 18.2 Å². The molecule has 29 heavy (non-hydrogen) atoms. The molecule has 0 bridgehead atoms. The average Bonchev–Trinajstić information content (AvgIpc) is 2.74. The van der Waals surface area contributed by atoms with Gasteiger partial charge in [-0.2, -0.15) is 4.31 Å². The van der Waals surface area contributed by atoms with Gasteiger partial charge in [0.1, 0.15) is 0 Å². The molecule has 0 aromatic heterocycles. The van der Waals surface area contributed by atoms with Gasteiger partial charge in [0.05, 0.1) is 10.8 Å². The summed E-state index contributed by atoms with van der Waals surface area (Å²) in [7, 11) is -3.62. The molecule has 2 aromatic carbocycles. The third-order valence-electron chi connectivity index (χ3n) is 4.76. The first-order valence-corrected chi connectivity index (χ1v) is 10.4. The lowest BCUT2D eigenvalue weighted by Gasteiger charge is -2.30. The lowest BCUT2D eigenvalue weighted by atomic mass is 9.98. The lowest BCUT2D eigenvalue weighted by molar-refractivity contribution is -0.148. The molecule has 0 atom stereocenters. The number of ether oxygens (including phenoxy) is 1. The van der Waals surface area contributed by atoms with E-state index >= 15 is 0 Å². The highest BCUT2D eigenvalue weighted by Gasteiger charge is 2.33. The molecule has 0 spiro atoms. The van der Waals surface area contributed by atoms with E-state index in [0.29, 0.717) is 0 Å². The summed E-state index contributed by atoms with van der Waals surface area (Å²) >= 11 is 0. The molecular formula is C20H19F2NO5S. The predicted octanol–water partition coefficient (Wildman–Crippen LogP) is 2.79. The minimum atomic E-state index is -3.62. The molecule has 0 radical (unpaired) electrons. The lowest BCUT2D eigenvalue weighted by Crippen LogP contribution is -2.40. The summed E-state index contributed by atoms with van der Waals surface area (Å²) in [5.74, 6) is -4.03. The molecule has 3 rings (SSSR count). The maximum atomic E-state index is 13.2. The number of carbonyl (C=O) groups is 2. The Kier molecular flexibility index (Phi) is 6.39. The molecule has 1 heterocycles. The Morgan fingerprint density at radius 3 is 2.28 bits per heavy atom. The van der Waals surface area contributed by atoms with Gasteiger partial charge in [-0.05, 0) is 43.2 Å². The van der Waals surface area contributed by atoms with Crippen LogP contribution in [-0.2, 0) is 19.6 Å². The van der Waals surface area contributed by atoms with Gasteiger partial charge in [-0.1, -0.05) is 18.2 Å². The fraction of sp³-hybridized carbons (Fsp3) is 0.300. The topological polar surface area (TPSA) is 80.8 Å². The summed E-state index contributed by atoms with van der Waals surface area (Å²) in [6, 6.07) is 10.7. The highest BCUT2D eigenvalue weighted by Crippen LogP contribution is 2.24. The van der Waals surface area contributed by atoms with Crippen molar-refractivity contribution in [3.8, 4) is 0 Å². The zero-order valence-corrected chi connectivity index (χ0v) is 16.2. The van der Waals surface area contributed by atoms with Crippen molar-refractivity contribution in [1.29, 1.82) is 0 Å². The highest BCUT2D eigenvalue weighted by molar-refractivity contribution is 7.89. The number of Topliss-reactive ketones (excluding diaryl/α,β-unsaturated/α-hetero) is 1. The van der Waals surface area contributed by atoms with E-state index < -0.39 is 45.9 Å². The molecule has 0 N–H and O–H groups in total. The Bertz CT molecular complexity index is 1000. The molecule has 0 saturated carbocycles. The van der Waals surface area contributed by atoms with Crippen molar-refractivity contribution in [2.75, 3.05) is 19.7 Å². The van der Waals surface area contributed by atoms with E-state index in [2.05, 4.69) is 0 Å². The zero-order chi connectivity index (χ0) is 21.0. The number of carbonyl (C=O) groups excluding carboxylic acids is 2. The fourth-order valence-electron chi connectivity index (χ4n) is 3.08. The Labute approximate surface area is 167 Å². The first-order valence-electron chi connectivity index (χ1n) is 8.99. The molecule has 9 heteroatoms. The second kappa shape index (κ2) is 8.79. The van der Waals surface area contributed by atoms with Crippen LogP contribution in [0.5, 0.6) is 0 Å². The molecule has 0 unspecified atom stereocenters. The molecule has 0 amide bonds. The number of halogens is 2. The summed E-state index contributed by atoms with van der Waals surface area (Å²) in [4.78, 5) is 24.4. The van der Waals surface area contributed by atoms with Crippen LogP contribution in [0.2, 0.25) is 0 Å². The minimum Gasteiger partial charge on any atom is -0.457 e. The van der Waals surface area contributed by atoms with Crippen LogP contribution in [0.3, 0.4) is 0 Å². The van der Waals surface area contributed by atoms with Crippen LogP contribution in [0.4, 0.5) is 8.78 Å². The van der Waals surface area contributed by atoms with Gasteiger partial charge in [0.25, 0.3) is 0 Å². The van der Waals surface area contributed by atoms with E-state index in [0.717, 1.165) is 18.2 Å². The molecule has 0 aliphatic carbocycles. The molecular weight excluding hydrogens is 404 g/mol. The van der Waals surface area contributed by atoms with E-state index in [9.17, 15) is 26.8 Å². The van der Waals surface area contributed by atoms with Crippen LogP contribution in [0, 0.1) is 17.6 Å². The van der Waals surface area contributed by atoms with Gasteiger partial charge in [-0.3, -0.25) is 9.59 Å². The van der Waals surface area contributed by atoms with Crippen molar-refractivity contribution in [1.82, 2.24) is 4.31 Å². The molecule has 1 fully saturated rings. The summed E-state index contributed by atoms with van der Waals surface area (Å²) < 4.78 is 57.6. The first kappa shape index (κ1) is 21.1. The second-order valence-corrected chi connectivity index (χ2v) is 8.59. The van der Waals surface area contributed by atoms with Crippen molar-refractivity contribution in [2.45, 2.75) is 17.7 Å². The molecule has 2 aromatic rings. The van der Waals surface area contributed by atoms with E-state index in [1.807, 2.05) is 0 Å². The van der Waals surface area contributed by atoms with Gasteiger partial charge in [-0.15, -0.1) is 0 Å².